The number of ether oxygens (including phenoxy) is 2. The number of fused-ring (bicyclic) bond motifs is 4. The van der Waals surface area contributed by atoms with Crippen LogP contribution in [-0.4, -0.2) is 52.1 Å². The van der Waals surface area contributed by atoms with Crippen molar-refractivity contribution in [1.82, 2.24) is 9.80 Å². The molecule has 4 aliphatic rings. The summed E-state index contributed by atoms with van der Waals surface area (Å²) >= 11 is 0. The van der Waals surface area contributed by atoms with Crippen LogP contribution in [0.3, 0.4) is 0 Å². The Morgan fingerprint density at radius 3 is 2.36 bits per heavy atom. The van der Waals surface area contributed by atoms with Crippen molar-refractivity contribution in [2.75, 3.05) is 13.1 Å². The average Bonchev–Trinajstić information content (AvgIpc) is 3.22. The first-order chi connectivity index (χ1) is 12.1. The van der Waals surface area contributed by atoms with E-state index in [0.29, 0.717) is 25.9 Å². The smallest absolute Gasteiger partial charge is 0.328 e. The molecule has 0 N–H and O–H groups in total. The van der Waals surface area contributed by atoms with E-state index in [2.05, 4.69) is 0 Å². The Morgan fingerprint density at radius 1 is 1.04 bits per heavy atom. The Bertz CT molecular complexity index is 838. The standard InChI is InChI=1S/C16H15N3O6/c20-15-8-7-9-12(16(21)18-6-1-3-10(18)24-9)13(19(22)23)14(8)25-11-4-2-5-17(11)15/h7,10-11H,1-6H2. The lowest BCUT2D eigenvalue weighted by Crippen LogP contribution is -2.45. The second kappa shape index (κ2) is 4.84. The number of nitrogens with zero attached hydrogens (tertiary/aromatic N) is 3. The van der Waals surface area contributed by atoms with E-state index in [-0.39, 0.29) is 28.5 Å². The number of hydrogen-bond acceptors (Lipinski definition) is 6. The number of carbonyl (C=O) groups is 2. The van der Waals surface area contributed by atoms with Crippen molar-refractivity contribution in [2.45, 2.75) is 38.1 Å². The molecule has 0 spiro atoms. The van der Waals surface area contributed by atoms with Crippen molar-refractivity contribution in [3.05, 3.63) is 27.3 Å². The van der Waals surface area contributed by atoms with E-state index in [1.165, 1.54) is 11.0 Å². The molecular formula is C16H15N3O6. The molecule has 0 aromatic heterocycles. The highest BCUT2D eigenvalue weighted by atomic mass is 16.6. The van der Waals surface area contributed by atoms with Crippen LogP contribution in [0.1, 0.15) is 46.4 Å². The molecule has 1 aromatic carbocycles. The Labute approximate surface area is 142 Å². The fourth-order valence-electron chi connectivity index (χ4n) is 4.14. The molecular weight excluding hydrogens is 330 g/mol. The Hall–Kier alpha value is -2.84. The summed E-state index contributed by atoms with van der Waals surface area (Å²) in [6, 6.07) is 1.43. The molecule has 2 saturated heterocycles. The molecule has 2 amide bonds. The quantitative estimate of drug-likeness (QED) is 0.565. The van der Waals surface area contributed by atoms with Crippen LogP contribution in [0, 0.1) is 10.1 Å². The summed E-state index contributed by atoms with van der Waals surface area (Å²) in [6.45, 7) is 1.07. The summed E-state index contributed by atoms with van der Waals surface area (Å²) in [7, 11) is 0. The number of nitro benzene ring substituents is 1. The minimum absolute atomic E-state index is 0.0999. The van der Waals surface area contributed by atoms with E-state index in [9.17, 15) is 19.7 Å². The number of amides is 2. The van der Waals surface area contributed by atoms with E-state index in [0.717, 1.165) is 12.8 Å². The van der Waals surface area contributed by atoms with Crippen LogP contribution in [0.5, 0.6) is 11.5 Å². The lowest BCUT2D eigenvalue weighted by molar-refractivity contribution is -0.386. The predicted molar refractivity (Wildman–Crippen MR) is 82.5 cm³/mol. The molecule has 0 saturated carbocycles. The van der Waals surface area contributed by atoms with Crippen molar-refractivity contribution in [3.8, 4) is 11.5 Å². The van der Waals surface area contributed by atoms with Gasteiger partial charge in [0.15, 0.2) is 18.0 Å². The molecule has 2 atom stereocenters. The summed E-state index contributed by atoms with van der Waals surface area (Å²) in [5.74, 6) is -0.734. The van der Waals surface area contributed by atoms with Crippen LogP contribution in [0.2, 0.25) is 0 Å². The number of hydrogen-bond donors (Lipinski definition) is 0. The molecule has 0 radical (unpaired) electrons. The molecule has 9 nitrogen and oxygen atoms in total. The maximum atomic E-state index is 12.8. The van der Waals surface area contributed by atoms with Gasteiger partial charge in [-0.1, -0.05) is 0 Å². The number of rotatable bonds is 1. The van der Waals surface area contributed by atoms with E-state index in [1.807, 2.05) is 0 Å². The molecule has 0 bridgehead atoms. The summed E-state index contributed by atoms with van der Waals surface area (Å²) in [5.41, 5.74) is -0.466. The van der Waals surface area contributed by atoms with Crippen molar-refractivity contribution < 1.29 is 24.0 Å². The number of benzene rings is 1. The zero-order chi connectivity index (χ0) is 17.3. The Kier molecular flexibility index (Phi) is 2.81. The second-order valence-corrected chi connectivity index (χ2v) is 6.66. The van der Waals surface area contributed by atoms with Gasteiger partial charge in [-0.3, -0.25) is 19.7 Å². The zero-order valence-corrected chi connectivity index (χ0v) is 13.3. The van der Waals surface area contributed by atoms with Gasteiger partial charge < -0.3 is 19.3 Å². The van der Waals surface area contributed by atoms with E-state index < -0.39 is 29.0 Å². The van der Waals surface area contributed by atoms with Crippen molar-refractivity contribution in [2.24, 2.45) is 0 Å². The van der Waals surface area contributed by atoms with Gasteiger partial charge in [-0.05, 0) is 18.9 Å². The van der Waals surface area contributed by atoms with Gasteiger partial charge in [0.25, 0.3) is 11.8 Å². The van der Waals surface area contributed by atoms with E-state index >= 15 is 0 Å². The summed E-state index contributed by atoms with van der Waals surface area (Å²) in [6.07, 6.45) is 1.94. The van der Waals surface area contributed by atoms with Gasteiger partial charge in [0.2, 0.25) is 5.75 Å². The third kappa shape index (κ3) is 1.83. The van der Waals surface area contributed by atoms with Crippen molar-refractivity contribution in [1.29, 1.82) is 0 Å². The monoisotopic (exact) mass is 345 g/mol. The minimum atomic E-state index is -0.646. The minimum Gasteiger partial charge on any atom is -0.469 e. The first kappa shape index (κ1) is 14.5. The number of carbonyl (C=O) groups excluding carboxylic acids is 2. The average molecular weight is 345 g/mol. The maximum absolute atomic E-state index is 12.8. The van der Waals surface area contributed by atoms with Crippen LogP contribution in [-0.2, 0) is 0 Å². The molecule has 4 heterocycles. The third-order valence-electron chi connectivity index (χ3n) is 5.28. The molecule has 130 valence electrons. The van der Waals surface area contributed by atoms with Gasteiger partial charge in [-0.15, -0.1) is 0 Å². The van der Waals surface area contributed by atoms with Crippen molar-refractivity contribution in [3.63, 3.8) is 0 Å². The topological polar surface area (TPSA) is 102 Å². The van der Waals surface area contributed by atoms with Crippen LogP contribution < -0.4 is 9.47 Å². The first-order valence-electron chi connectivity index (χ1n) is 8.37. The van der Waals surface area contributed by atoms with Crippen LogP contribution in [0.4, 0.5) is 5.69 Å². The maximum Gasteiger partial charge on any atom is 0.328 e. The lowest BCUT2D eigenvalue weighted by atomic mass is 10.0. The van der Waals surface area contributed by atoms with E-state index in [1.54, 1.807) is 4.90 Å². The molecule has 2 unspecified atom stereocenters. The van der Waals surface area contributed by atoms with Crippen LogP contribution in [0.25, 0.3) is 0 Å². The summed E-state index contributed by atoms with van der Waals surface area (Å²) < 4.78 is 11.6. The van der Waals surface area contributed by atoms with Crippen LogP contribution in [0.15, 0.2) is 6.07 Å². The SMILES string of the molecule is O=C1c2cc3c(c([N+](=O)[O-])c2OC2CCCN12)C(=O)N1CCCC1O3. The Balaban J connectivity index is 1.74. The van der Waals surface area contributed by atoms with Crippen LogP contribution >= 0.6 is 0 Å². The molecule has 9 heteroatoms. The highest BCUT2D eigenvalue weighted by Crippen LogP contribution is 2.48. The van der Waals surface area contributed by atoms with Gasteiger partial charge in [-0.2, -0.15) is 0 Å². The fraction of sp³-hybridized carbons (Fsp3) is 0.500. The zero-order valence-electron chi connectivity index (χ0n) is 13.3. The highest BCUT2D eigenvalue weighted by molar-refractivity contribution is 6.08. The Morgan fingerprint density at radius 2 is 1.68 bits per heavy atom. The summed E-state index contributed by atoms with van der Waals surface area (Å²) in [4.78, 5) is 39.7. The largest absolute Gasteiger partial charge is 0.469 e. The lowest BCUT2D eigenvalue weighted by Gasteiger charge is -2.35. The molecule has 25 heavy (non-hydrogen) atoms. The molecule has 2 fully saturated rings. The molecule has 5 rings (SSSR count). The predicted octanol–water partition coefficient (Wildman–Crippen LogP) is 1.50. The highest BCUT2D eigenvalue weighted by Gasteiger charge is 2.48. The fourth-order valence-corrected chi connectivity index (χ4v) is 4.14. The van der Waals surface area contributed by atoms with Crippen molar-refractivity contribution >= 4 is 17.5 Å². The van der Waals surface area contributed by atoms with Gasteiger partial charge in [0.05, 0.1) is 10.5 Å². The molecule has 0 aliphatic carbocycles. The van der Waals surface area contributed by atoms with Gasteiger partial charge in [0.1, 0.15) is 5.75 Å². The first-order valence-corrected chi connectivity index (χ1v) is 8.37. The normalized spacial score (nSPS) is 26.4. The molecule has 4 aliphatic heterocycles. The van der Waals surface area contributed by atoms with E-state index in [4.69, 9.17) is 9.47 Å². The third-order valence-corrected chi connectivity index (χ3v) is 5.28. The summed E-state index contributed by atoms with van der Waals surface area (Å²) in [5, 5.41) is 11.8. The van der Waals surface area contributed by atoms with Gasteiger partial charge >= 0.3 is 5.69 Å². The van der Waals surface area contributed by atoms with Gasteiger partial charge in [-0.25, -0.2) is 0 Å². The molecule has 1 aromatic rings. The number of nitro groups is 1. The van der Waals surface area contributed by atoms with Gasteiger partial charge in [0, 0.05) is 25.9 Å². The second-order valence-electron chi connectivity index (χ2n) is 6.66.